The van der Waals surface area contributed by atoms with Crippen LogP contribution in [-0.4, -0.2) is 10.5 Å². The molecule has 0 radical (unpaired) electrons. The molecule has 0 saturated heterocycles. The molecule has 1 N–H and O–H groups in total. The SMILES string of the molecule is O=C(Cc1ccc(-n2cccc2)cc1)Nc1cccc(COCc2ccco2)c1. The second-order valence-corrected chi connectivity index (χ2v) is 6.75. The summed E-state index contributed by atoms with van der Waals surface area (Å²) in [5, 5.41) is 2.96. The Hall–Kier alpha value is -3.57. The molecule has 0 aliphatic heterocycles. The van der Waals surface area contributed by atoms with Crippen LogP contribution in [0, 0.1) is 0 Å². The third kappa shape index (κ3) is 5.24. The highest BCUT2D eigenvalue weighted by Gasteiger charge is 2.06. The summed E-state index contributed by atoms with van der Waals surface area (Å²) in [6.07, 6.45) is 5.94. The Balaban J connectivity index is 1.30. The van der Waals surface area contributed by atoms with Gasteiger partial charge in [-0.3, -0.25) is 4.79 Å². The Kier molecular flexibility index (Phi) is 5.88. The van der Waals surface area contributed by atoms with Crippen molar-refractivity contribution in [1.82, 2.24) is 4.57 Å². The molecule has 146 valence electrons. The molecule has 2 heterocycles. The van der Waals surface area contributed by atoms with E-state index in [4.69, 9.17) is 9.15 Å². The van der Waals surface area contributed by atoms with Crippen molar-refractivity contribution >= 4 is 11.6 Å². The third-order valence-corrected chi connectivity index (χ3v) is 4.51. The molecule has 0 fully saturated rings. The van der Waals surface area contributed by atoms with Crippen LogP contribution >= 0.6 is 0 Å². The maximum atomic E-state index is 12.4. The Morgan fingerprint density at radius 1 is 0.897 bits per heavy atom. The van der Waals surface area contributed by atoms with Crippen molar-refractivity contribution in [3.8, 4) is 5.69 Å². The van der Waals surface area contributed by atoms with Gasteiger partial charge in [-0.25, -0.2) is 0 Å². The van der Waals surface area contributed by atoms with Gasteiger partial charge in [0.1, 0.15) is 12.4 Å². The van der Waals surface area contributed by atoms with Crippen LogP contribution in [0.4, 0.5) is 5.69 Å². The largest absolute Gasteiger partial charge is 0.467 e. The number of amides is 1. The molecule has 0 aliphatic carbocycles. The van der Waals surface area contributed by atoms with Crippen LogP contribution in [0.5, 0.6) is 0 Å². The zero-order valence-electron chi connectivity index (χ0n) is 16.0. The number of rotatable bonds is 8. The van der Waals surface area contributed by atoms with Gasteiger partial charge in [0.25, 0.3) is 0 Å². The molecule has 5 heteroatoms. The van der Waals surface area contributed by atoms with Gasteiger partial charge in [-0.05, 0) is 59.7 Å². The van der Waals surface area contributed by atoms with Crippen LogP contribution in [0.15, 0.2) is 95.9 Å². The first-order valence-electron chi connectivity index (χ1n) is 9.47. The van der Waals surface area contributed by atoms with Gasteiger partial charge < -0.3 is 19.0 Å². The second-order valence-electron chi connectivity index (χ2n) is 6.75. The first kappa shape index (κ1) is 18.8. The summed E-state index contributed by atoms with van der Waals surface area (Å²) in [4.78, 5) is 12.4. The average molecular weight is 386 g/mol. The van der Waals surface area contributed by atoms with Crippen molar-refractivity contribution in [2.45, 2.75) is 19.6 Å². The first-order chi connectivity index (χ1) is 14.3. The summed E-state index contributed by atoms with van der Waals surface area (Å²) < 4.78 is 12.9. The number of nitrogens with zero attached hydrogens (tertiary/aromatic N) is 1. The van der Waals surface area contributed by atoms with Crippen LogP contribution in [0.1, 0.15) is 16.9 Å². The first-order valence-corrected chi connectivity index (χ1v) is 9.47. The fourth-order valence-electron chi connectivity index (χ4n) is 3.09. The Labute approximate surface area is 169 Å². The monoisotopic (exact) mass is 386 g/mol. The van der Waals surface area contributed by atoms with Gasteiger partial charge >= 0.3 is 0 Å². The molecular formula is C24H22N2O3. The summed E-state index contributed by atoms with van der Waals surface area (Å²) in [6.45, 7) is 0.869. The van der Waals surface area contributed by atoms with Crippen molar-refractivity contribution in [3.05, 3.63) is 108 Å². The van der Waals surface area contributed by atoms with Gasteiger partial charge in [-0.15, -0.1) is 0 Å². The zero-order valence-corrected chi connectivity index (χ0v) is 16.0. The average Bonchev–Trinajstić information content (AvgIpc) is 3.43. The summed E-state index contributed by atoms with van der Waals surface area (Å²) >= 11 is 0. The Bertz CT molecular complexity index is 1040. The number of hydrogen-bond acceptors (Lipinski definition) is 3. The molecule has 5 nitrogen and oxygen atoms in total. The molecule has 29 heavy (non-hydrogen) atoms. The van der Waals surface area contributed by atoms with Gasteiger partial charge in [0.2, 0.25) is 5.91 Å². The van der Waals surface area contributed by atoms with Gasteiger partial charge in [0.05, 0.1) is 19.3 Å². The van der Waals surface area contributed by atoms with Gasteiger partial charge in [-0.2, -0.15) is 0 Å². The fourth-order valence-corrected chi connectivity index (χ4v) is 3.09. The summed E-state index contributed by atoms with van der Waals surface area (Å²) in [7, 11) is 0. The number of furan rings is 1. The number of hydrogen-bond donors (Lipinski definition) is 1. The van der Waals surface area contributed by atoms with Crippen LogP contribution in [0.3, 0.4) is 0 Å². The zero-order chi connectivity index (χ0) is 19.9. The van der Waals surface area contributed by atoms with E-state index in [2.05, 4.69) is 5.32 Å². The van der Waals surface area contributed by atoms with Crippen LogP contribution in [-0.2, 0) is 29.2 Å². The quantitative estimate of drug-likeness (QED) is 0.465. The molecule has 0 atom stereocenters. The van der Waals surface area contributed by atoms with Crippen LogP contribution in [0.25, 0.3) is 5.69 Å². The van der Waals surface area contributed by atoms with E-state index in [1.807, 2.05) is 89.8 Å². The molecule has 0 spiro atoms. The molecule has 2 aromatic heterocycles. The highest BCUT2D eigenvalue weighted by molar-refractivity contribution is 5.92. The number of benzene rings is 2. The van der Waals surface area contributed by atoms with Gasteiger partial charge in [-0.1, -0.05) is 24.3 Å². The van der Waals surface area contributed by atoms with E-state index in [0.29, 0.717) is 19.6 Å². The predicted octanol–water partition coefficient (Wildman–Crippen LogP) is 4.97. The standard InChI is InChI=1S/C24H22N2O3/c27-24(16-19-8-10-22(11-9-19)26-12-1-2-13-26)25-21-6-3-5-20(15-21)17-28-18-23-7-4-14-29-23/h1-15H,16-18H2,(H,25,27). The third-order valence-electron chi connectivity index (χ3n) is 4.51. The molecule has 1 amide bonds. The molecular weight excluding hydrogens is 364 g/mol. The number of carbonyl (C=O) groups excluding carboxylic acids is 1. The highest BCUT2D eigenvalue weighted by Crippen LogP contribution is 2.15. The lowest BCUT2D eigenvalue weighted by molar-refractivity contribution is -0.115. The van der Waals surface area contributed by atoms with E-state index in [0.717, 1.165) is 28.3 Å². The molecule has 0 bridgehead atoms. The van der Waals surface area contributed by atoms with Gasteiger partial charge in [0.15, 0.2) is 0 Å². The van der Waals surface area contributed by atoms with Crippen molar-refractivity contribution < 1.29 is 13.9 Å². The number of nitrogens with one attached hydrogen (secondary N) is 1. The topological polar surface area (TPSA) is 56.4 Å². The number of carbonyl (C=O) groups is 1. The number of ether oxygens (including phenoxy) is 1. The normalized spacial score (nSPS) is 10.8. The number of aromatic nitrogens is 1. The van der Waals surface area contributed by atoms with E-state index in [1.165, 1.54) is 0 Å². The molecule has 2 aromatic carbocycles. The fraction of sp³-hybridized carbons (Fsp3) is 0.125. The smallest absolute Gasteiger partial charge is 0.228 e. The van der Waals surface area contributed by atoms with Crippen LogP contribution in [0.2, 0.25) is 0 Å². The van der Waals surface area contributed by atoms with Crippen molar-refractivity contribution in [3.63, 3.8) is 0 Å². The van der Waals surface area contributed by atoms with Gasteiger partial charge in [0, 0.05) is 23.8 Å². The van der Waals surface area contributed by atoms with E-state index < -0.39 is 0 Å². The summed E-state index contributed by atoms with van der Waals surface area (Å²) in [5.74, 6) is 0.740. The van der Waals surface area contributed by atoms with Crippen molar-refractivity contribution in [2.24, 2.45) is 0 Å². The van der Waals surface area contributed by atoms with Crippen molar-refractivity contribution in [2.75, 3.05) is 5.32 Å². The lowest BCUT2D eigenvalue weighted by Crippen LogP contribution is -2.14. The van der Waals surface area contributed by atoms with E-state index >= 15 is 0 Å². The highest BCUT2D eigenvalue weighted by atomic mass is 16.5. The molecule has 4 aromatic rings. The minimum atomic E-state index is -0.0487. The molecule has 4 rings (SSSR count). The summed E-state index contributed by atoms with van der Waals surface area (Å²) in [5.41, 5.74) is 3.79. The van der Waals surface area contributed by atoms with E-state index in [9.17, 15) is 4.79 Å². The summed E-state index contributed by atoms with van der Waals surface area (Å²) in [6, 6.07) is 23.4. The maximum Gasteiger partial charge on any atom is 0.228 e. The minimum absolute atomic E-state index is 0.0487. The van der Waals surface area contributed by atoms with Crippen molar-refractivity contribution in [1.29, 1.82) is 0 Å². The van der Waals surface area contributed by atoms with E-state index in [1.54, 1.807) is 6.26 Å². The van der Waals surface area contributed by atoms with Crippen LogP contribution < -0.4 is 5.32 Å². The lowest BCUT2D eigenvalue weighted by Gasteiger charge is -2.09. The Morgan fingerprint density at radius 2 is 1.72 bits per heavy atom. The molecule has 0 unspecified atom stereocenters. The molecule has 0 saturated carbocycles. The maximum absolute atomic E-state index is 12.4. The predicted molar refractivity (Wildman–Crippen MR) is 112 cm³/mol. The Morgan fingerprint density at radius 3 is 2.48 bits per heavy atom. The second kappa shape index (κ2) is 9.08. The molecule has 0 aliphatic rings. The van der Waals surface area contributed by atoms with E-state index in [-0.39, 0.29) is 5.91 Å². The minimum Gasteiger partial charge on any atom is -0.467 e. The lowest BCUT2D eigenvalue weighted by atomic mass is 10.1. The number of anilines is 1.